The van der Waals surface area contributed by atoms with Gasteiger partial charge in [0.2, 0.25) is 0 Å². The molecule has 2 nitrogen and oxygen atoms in total. The van der Waals surface area contributed by atoms with Crippen molar-refractivity contribution >= 4 is 11.3 Å². The molecule has 110 valence electrons. The van der Waals surface area contributed by atoms with Gasteiger partial charge in [-0.2, -0.15) is 0 Å². The van der Waals surface area contributed by atoms with E-state index in [4.69, 9.17) is 0 Å². The van der Waals surface area contributed by atoms with Crippen LogP contribution in [0.3, 0.4) is 0 Å². The minimum absolute atomic E-state index is 0.623. The van der Waals surface area contributed by atoms with Crippen molar-refractivity contribution in [1.29, 1.82) is 0 Å². The average molecular weight is 290 g/mol. The zero-order valence-electron chi connectivity index (χ0n) is 12.5. The van der Waals surface area contributed by atoms with Crippen molar-refractivity contribution in [2.24, 2.45) is 23.2 Å². The lowest BCUT2D eigenvalue weighted by Gasteiger charge is -2.57. The summed E-state index contributed by atoms with van der Waals surface area (Å²) in [4.78, 5) is 4.48. The van der Waals surface area contributed by atoms with Gasteiger partial charge < -0.3 is 5.32 Å². The van der Waals surface area contributed by atoms with Crippen molar-refractivity contribution in [3.05, 3.63) is 16.6 Å². The van der Waals surface area contributed by atoms with Gasteiger partial charge >= 0.3 is 0 Å². The number of aromatic nitrogens is 1. The molecule has 1 aromatic rings. The average Bonchev–Trinajstić information content (AvgIpc) is 2.89. The highest BCUT2D eigenvalue weighted by Gasteiger charge is 2.51. The number of likely N-dealkylation sites (N-methyl/N-ethyl adjacent to an activating group) is 1. The van der Waals surface area contributed by atoms with Crippen LogP contribution < -0.4 is 5.32 Å². The molecule has 0 saturated heterocycles. The van der Waals surface area contributed by atoms with Gasteiger partial charge in [-0.15, -0.1) is 11.3 Å². The van der Waals surface area contributed by atoms with Gasteiger partial charge in [-0.3, -0.25) is 0 Å². The largest absolute Gasteiger partial charge is 0.317 e. The lowest BCUT2D eigenvalue weighted by atomic mass is 9.48. The highest BCUT2D eigenvalue weighted by molar-refractivity contribution is 7.09. The number of thiazole rings is 1. The number of nitrogens with one attached hydrogen (secondary N) is 1. The fourth-order valence-electron chi connectivity index (χ4n) is 5.90. The van der Waals surface area contributed by atoms with Gasteiger partial charge in [-0.05, 0) is 75.2 Å². The molecule has 1 aromatic heterocycles. The molecule has 20 heavy (non-hydrogen) atoms. The second-order valence-corrected chi connectivity index (χ2v) is 8.72. The predicted octanol–water partition coefficient (Wildman–Crippen LogP) is 3.88. The lowest BCUT2D eigenvalue weighted by molar-refractivity contribution is -0.0616. The Morgan fingerprint density at radius 3 is 2.40 bits per heavy atom. The Morgan fingerprint density at radius 1 is 1.25 bits per heavy atom. The van der Waals surface area contributed by atoms with Crippen molar-refractivity contribution in [3.8, 4) is 0 Å². The molecule has 5 rings (SSSR count). The third-order valence-corrected chi connectivity index (χ3v) is 6.96. The number of nitrogens with zero attached hydrogens (tertiary/aromatic N) is 1. The summed E-state index contributed by atoms with van der Waals surface area (Å²) in [5.41, 5.74) is 0.680. The monoisotopic (exact) mass is 290 g/mol. The molecule has 4 bridgehead atoms. The molecule has 0 aliphatic heterocycles. The van der Waals surface area contributed by atoms with Crippen molar-refractivity contribution in [2.75, 3.05) is 7.05 Å². The quantitative estimate of drug-likeness (QED) is 0.890. The van der Waals surface area contributed by atoms with Gasteiger partial charge in [-0.1, -0.05) is 0 Å². The molecule has 4 aliphatic rings. The van der Waals surface area contributed by atoms with Crippen molar-refractivity contribution in [1.82, 2.24) is 10.3 Å². The molecular weight excluding hydrogens is 264 g/mol. The summed E-state index contributed by atoms with van der Waals surface area (Å²) in [5, 5.41) is 6.99. The van der Waals surface area contributed by atoms with Crippen LogP contribution in [0.5, 0.6) is 0 Å². The Bertz CT molecular complexity index is 418. The van der Waals surface area contributed by atoms with Crippen LogP contribution in [0.2, 0.25) is 0 Å². The molecule has 4 saturated carbocycles. The van der Waals surface area contributed by atoms with Crippen LogP contribution in [0.25, 0.3) is 0 Å². The van der Waals surface area contributed by atoms with Gasteiger partial charge in [0, 0.05) is 24.0 Å². The molecule has 3 heteroatoms. The summed E-state index contributed by atoms with van der Waals surface area (Å²) in [6.45, 7) is 0. The first-order valence-electron chi connectivity index (χ1n) is 8.30. The van der Waals surface area contributed by atoms with Crippen molar-refractivity contribution in [3.63, 3.8) is 0 Å². The van der Waals surface area contributed by atoms with Gasteiger partial charge in [0.05, 0.1) is 5.01 Å². The Labute approximate surface area is 126 Å². The van der Waals surface area contributed by atoms with E-state index in [1.54, 1.807) is 19.3 Å². The first kappa shape index (κ1) is 13.3. The third-order valence-electron chi connectivity index (χ3n) is 6.16. The van der Waals surface area contributed by atoms with E-state index in [1.165, 1.54) is 30.7 Å². The molecular formula is C17H26N2S. The molecule has 1 unspecified atom stereocenters. The molecule has 4 aliphatic carbocycles. The van der Waals surface area contributed by atoms with E-state index in [0.717, 1.165) is 24.2 Å². The SMILES string of the molecule is CNC(Cc1nccs1)CC12CC3CC(CC(C3)C1)C2. The lowest BCUT2D eigenvalue weighted by Crippen LogP contribution is -2.48. The first-order chi connectivity index (χ1) is 9.75. The smallest absolute Gasteiger partial charge is 0.0940 e. The van der Waals surface area contributed by atoms with Gasteiger partial charge in [0.1, 0.15) is 0 Å². The molecule has 1 heterocycles. The van der Waals surface area contributed by atoms with E-state index in [0.29, 0.717) is 11.5 Å². The summed E-state index contributed by atoms with van der Waals surface area (Å²) < 4.78 is 0. The molecule has 0 radical (unpaired) electrons. The van der Waals surface area contributed by atoms with Crippen LogP contribution in [-0.2, 0) is 6.42 Å². The zero-order valence-corrected chi connectivity index (χ0v) is 13.3. The van der Waals surface area contributed by atoms with E-state index in [2.05, 4.69) is 22.7 Å². The van der Waals surface area contributed by atoms with Crippen molar-refractivity contribution in [2.45, 2.75) is 57.4 Å². The van der Waals surface area contributed by atoms with Crippen LogP contribution in [0.4, 0.5) is 0 Å². The summed E-state index contributed by atoms with van der Waals surface area (Å²) in [7, 11) is 2.14. The van der Waals surface area contributed by atoms with E-state index in [1.807, 2.05) is 17.5 Å². The minimum atomic E-state index is 0.623. The zero-order chi connectivity index (χ0) is 13.6. The van der Waals surface area contributed by atoms with Crippen molar-refractivity contribution < 1.29 is 0 Å². The van der Waals surface area contributed by atoms with E-state index < -0.39 is 0 Å². The summed E-state index contributed by atoms with van der Waals surface area (Å²) in [6, 6.07) is 0.623. The highest BCUT2D eigenvalue weighted by atomic mass is 32.1. The van der Waals surface area contributed by atoms with E-state index in [9.17, 15) is 0 Å². The first-order valence-corrected chi connectivity index (χ1v) is 9.18. The normalized spacial score (nSPS) is 40.1. The molecule has 0 aromatic carbocycles. The Hall–Kier alpha value is -0.410. The van der Waals surface area contributed by atoms with Crippen LogP contribution in [0.15, 0.2) is 11.6 Å². The van der Waals surface area contributed by atoms with Crippen LogP contribution >= 0.6 is 11.3 Å². The molecule has 1 atom stereocenters. The Morgan fingerprint density at radius 2 is 1.90 bits per heavy atom. The molecule has 0 spiro atoms. The summed E-state index contributed by atoms with van der Waals surface area (Å²) in [5.74, 6) is 3.20. The summed E-state index contributed by atoms with van der Waals surface area (Å²) >= 11 is 1.81. The molecule has 4 fully saturated rings. The van der Waals surface area contributed by atoms with E-state index >= 15 is 0 Å². The maximum Gasteiger partial charge on any atom is 0.0940 e. The third kappa shape index (κ3) is 2.43. The molecule has 1 N–H and O–H groups in total. The molecule has 0 amide bonds. The minimum Gasteiger partial charge on any atom is -0.317 e. The predicted molar refractivity (Wildman–Crippen MR) is 83.9 cm³/mol. The van der Waals surface area contributed by atoms with Crippen LogP contribution in [-0.4, -0.2) is 18.1 Å². The second-order valence-electron chi connectivity index (χ2n) is 7.74. The number of rotatable bonds is 5. The fraction of sp³-hybridized carbons (Fsp3) is 0.824. The van der Waals surface area contributed by atoms with Gasteiger partial charge in [0.25, 0.3) is 0 Å². The number of hydrogen-bond donors (Lipinski definition) is 1. The summed E-state index contributed by atoms with van der Waals surface area (Å²) in [6.07, 6.45) is 13.7. The Balaban J connectivity index is 1.46. The topological polar surface area (TPSA) is 24.9 Å². The standard InChI is InChI=1S/C17H26N2S/c1-18-15(7-16-19-2-3-20-16)11-17-8-12-4-13(9-17)6-14(5-12)10-17/h2-3,12-15,18H,4-11H2,1H3. The number of hydrogen-bond acceptors (Lipinski definition) is 3. The Kier molecular flexibility index (Phi) is 3.38. The van der Waals surface area contributed by atoms with Gasteiger partial charge in [-0.25, -0.2) is 4.98 Å². The van der Waals surface area contributed by atoms with Crippen LogP contribution in [0.1, 0.15) is 50.0 Å². The fourth-order valence-corrected chi connectivity index (χ4v) is 6.60. The van der Waals surface area contributed by atoms with E-state index in [-0.39, 0.29) is 0 Å². The highest BCUT2D eigenvalue weighted by Crippen LogP contribution is 2.61. The maximum absolute atomic E-state index is 4.48. The van der Waals surface area contributed by atoms with Gasteiger partial charge in [0.15, 0.2) is 0 Å². The second kappa shape index (κ2) is 5.10. The maximum atomic E-state index is 4.48. The van der Waals surface area contributed by atoms with Crippen LogP contribution in [0, 0.1) is 23.2 Å².